The second-order valence-corrected chi connectivity index (χ2v) is 7.05. The van der Waals surface area contributed by atoms with E-state index < -0.39 is 11.4 Å². The van der Waals surface area contributed by atoms with Crippen LogP contribution in [-0.4, -0.2) is 29.3 Å². The predicted molar refractivity (Wildman–Crippen MR) is 78.5 cm³/mol. The lowest BCUT2D eigenvalue weighted by atomic mass is 9.72. The molecule has 0 aromatic carbocycles. The number of carboxylic acid groups (broad SMARTS) is 1. The normalized spacial score (nSPS) is 28.7. The van der Waals surface area contributed by atoms with Gasteiger partial charge in [0.25, 0.3) is 0 Å². The van der Waals surface area contributed by atoms with Crippen LogP contribution in [0.5, 0.6) is 0 Å². The Bertz CT molecular complexity index is 350. The third kappa shape index (κ3) is 2.86. The van der Waals surface area contributed by atoms with Crippen LogP contribution in [0.15, 0.2) is 0 Å². The van der Waals surface area contributed by atoms with E-state index >= 15 is 0 Å². The Balaban J connectivity index is 2.04. The molecule has 4 heteroatoms. The average molecular weight is 283 g/mol. The molecule has 1 aliphatic carbocycles. The van der Waals surface area contributed by atoms with Crippen molar-refractivity contribution in [1.29, 1.82) is 0 Å². The van der Waals surface area contributed by atoms with Crippen molar-refractivity contribution >= 4 is 5.97 Å². The van der Waals surface area contributed by atoms with E-state index in [-0.39, 0.29) is 24.2 Å². The topological polar surface area (TPSA) is 72.5 Å². The molecule has 116 valence electrons. The number of aliphatic carboxylic acids is 1. The zero-order chi connectivity index (χ0) is 14.8. The van der Waals surface area contributed by atoms with Crippen molar-refractivity contribution in [2.24, 2.45) is 17.1 Å². The maximum atomic E-state index is 11.7. The Hall–Kier alpha value is -0.610. The molecule has 1 saturated carbocycles. The second-order valence-electron chi connectivity index (χ2n) is 7.05. The highest BCUT2D eigenvalue weighted by Crippen LogP contribution is 2.45. The molecule has 1 heterocycles. The molecule has 2 unspecified atom stereocenters. The minimum atomic E-state index is -0.842. The molecule has 2 rings (SSSR count). The fraction of sp³-hybridized carbons (Fsp3) is 0.938. The van der Waals surface area contributed by atoms with E-state index in [0.717, 1.165) is 25.7 Å². The summed E-state index contributed by atoms with van der Waals surface area (Å²) in [6, 6.07) is 0. The molecule has 0 aromatic heterocycles. The van der Waals surface area contributed by atoms with Gasteiger partial charge in [0.05, 0.1) is 17.1 Å². The van der Waals surface area contributed by atoms with Crippen LogP contribution in [0.25, 0.3) is 0 Å². The van der Waals surface area contributed by atoms with E-state index in [9.17, 15) is 9.90 Å². The molecule has 3 N–H and O–H groups in total. The third-order valence-electron chi connectivity index (χ3n) is 5.59. The van der Waals surface area contributed by atoms with Crippen molar-refractivity contribution in [2.45, 2.75) is 76.9 Å². The summed E-state index contributed by atoms with van der Waals surface area (Å²) in [4.78, 5) is 11.7. The van der Waals surface area contributed by atoms with Crippen LogP contribution in [-0.2, 0) is 9.53 Å². The zero-order valence-electron chi connectivity index (χ0n) is 12.9. The van der Waals surface area contributed by atoms with Gasteiger partial charge in [0.1, 0.15) is 0 Å². The lowest BCUT2D eigenvalue weighted by Crippen LogP contribution is -2.46. The molecule has 0 radical (unpaired) electrons. The smallest absolute Gasteiger partial charge is 0.311 e. The largest absolute Gasteiger partial charge is 0.481 e. The molecule has 1 saturated heterocycles. The van der Waals surface area contributed by atoms with Crippen LogP contribution in [0, 0.1) is 11.3 Å². The van der Waals surface area contributed by atoms with Gasteiger partial charge < -0.3 is 15.6 Å². The summed E-state index contributed by atoms with van der Waals surface area (Å²) in [5.41, 5.74) is 5.03. The van der Waals surface area contributed by atoms with Crippen LogP contribution in [0.2, 0.25) is 0 Å². The molecular formula is C16H29NO3. The highest BCUT2D eigenvalue weighted by molar-refractivity contribution is 5.75. The Kier molecular flexibility index (Phi) is 4.75. The number of rotatable bonds is 5. The number of hydrogen-bond acceptors (Lipinski definition) is 3. The number of ether oxygens (including phenoxy) is 1. The van der Waals surface area contributed by atoms with Gasteiger partial charge >= 0.3 is 5.97 Å². The number of carboxylic acids is 1. The van der Waals surface area contributed by atoms with Gasteiger partial charge in [-0.15, -0.1) is 0 Å². The Labute approximate surface area is 122 Å². The van der Waals surface area contributed by atoms with Gasteiger partial charge in [-0.2, -0.15) is 0 Å². The van der Waals surface area contributed by atoms with Gasteiger partial charge in [-0.3, -0.25) is 4.79 Å². The first-order valence-electron chi connectivity index (χ1n) is 8.05. The second kappa shape index (κ2) is 6.02. The molecule has 2 aliphatic rings. The fourth-order valence-corrected chi connectivity index (χ4v) is 3.99. The van der Waals surface area contributed by atoms with Gasteiger partial charge in [-0.05, 0) is 38.0 Å². The van der Waals surface area contributed by atoms with E-state index in [0.29, 0.717) is 6.42 Å². The first-order chi connectivity index (χ1) is 9.44. The SMILES string of the molecule is CC(C)C(CN)(CC1CCC2(CCCCC2)O1)C(=O)O. The molecule has 1 aliphatic heterocycles. The summed E-state index contributed by atoms with van der Waals surface area (Å²) in [5, 5.41) is 9.62. The molecule has 1 spiro atoms. The molecular weight excluding hydrogens is 254 g/mol. The van der Waals surface area contributed by atoms with Crippen molar-refractivity contribution in [3.63, 3.8) is 0 Å². The van der Waals surface area contributed by atoms with Crippen LogP contribution in [0.3, 0.4) is 0 Å². The Morgan fingerprint density at radius 2 is 2.00 bits per heavy atom. The first kappa shape index (κ1) is 15.8. The van der Waals surface area contributed by atoms with Gasteiger partial charge in [0, 0.05) is 6.54 Å². The molecule has 0 aromatic rings. The molecule has 20 heavy (non-hydrogen) atoms. The van der Waals surface area contributed by atoms with Crippen molar-refractivity contribution in [3.05, 3.63) is 0 Å². The molecule has 4 nitrogen and oxygen atoms in total. The van der Waals surface area contributed by atoms with Crippen LogP contribution >= 0.6 is 0 Å². The quantitative estimate of drug-likeness (QED) is 0.813. The first-order valence-corrected chi connectivity index (χ1v) is 8.05. The molecule has 0 bridgehead atoms. The average Bonchev–Trinajstić information content (AvgIpc) is 2.78. The van der Waals surface area contributed by atoms with Crippen LogP contribution in [0.1, 0.15) is 65.2 Å². The summed E-state index contributed by atoms with van der Waals surface area (Å²) >= 11 is 0. The summed E-state index contributed by atoms with van der Waals surface area (Å²) in [7, 11) is 0. The highest BCUT2D eigenvalue weighted by Gasteiger charge is 2.47. The summed E-state index contributed by atoms with van der Waals surface area (Å²) in [5.74, 6) is -0.750. The molecule has 2 atom stereocenters. The third-order valence-corrected chi connectivity index (χ3v) is 5.59. The Morgan fingerprint density at radius 1 is 1.35 bits per heavy atom. The van der Waals surface area contributed by atoms with Gasteiger partial charge in [0.15, 0.2) is 0 Å². The predicted octanol–water partition coefficient (Wildman–Crippen LogP) is 2.94. The monoisotopic (exact) mass is 283 g/mol. The molecule has 2 fully saturated rings. The van der Waals surface area contributed by atoms with Gasteiger partial charge in [0.2, 0.25) is 0 Å². The maximum absolute atomic E-state index is 11.7. The van der Waals surface area contributed by atoms with E-state index in [1.54, 1.807) is 0 Å². The van der Waals surface area contributed by atoms with E-state index in [1.165, 1.54) is 19.3 Å². The van der Waals surface area contributed by atoms with Crippen molar-refractivity contribution < 1.29 is 14.6 Å². The van der Waals surface area contributed by atoms with Crippen LogP contribution in [0.4, 0.5) is 0 Å². The highest BCUT2D eigenvalue weighted by atomic mass is 16.5. The van der Waals surface area contributed by atoms with Crippen molar-refractivity contribution in [1.82, 2.24) is 0 Å². The lowest BCUT2D eigenvalue weighted by molar-refractivity contribution is -0.156. The minimum absolute atomic E-state index is 0.0245. The van der Waals surface area contributed by atoms with Gasteiger partial charge in [-0.25, -0.2) is 0 Å². The van der Waals surface area contributed by atoms with E-state index in [4.69, 9.17) is 10.5 Å². The fourth-order valence-electron chi connectivity index (χ4n) is 3.99. The van der Waals surface area contributed by atoms with Crippen LogP contribution < -0.4 is 5.73 Å². The van der Waals surface area contributed by atoms with E-state index in [2.05, 4.69) is 0 Å². The number of hydrogen-bond donors (Lipinski definition) is 2. The summed E-state index contributed by atoms with van der Waals surface area (Å²) in [6.45, 7) is 4.09. The summed E-state index contributed by atoms with van der Waals surface area (Å²) < 4.78 is 6.33. The molecule has 0 amide bonds. The Morgan fingerprint density at radius 3 is 2.50 bits per heavy atom. The minimum Gasteiger partial charge on any atom is -0.481 e. The summed E-state index contributed by atoms with van der Waals surface area (Å²) in [6.07, 6.45) is 8.80. The lowest BCUT2D eigenvalue weighted by Gasteiger charge is -2.37. The van der Waals surface area contributed by atoms with Crippen molar-refractivity contribution in [2.75, 3.05) is 6.54 Å². The zero-order valence-corrected chi connectivity index (χ0v) is 12.9. The van der Waals surface area contributed by atoms with Gasteiger partial charge in [-0.1, -0.05) is 33.1 Å². The maximum Gasteiger partial charge on any atom is 0.311 e. The number of carbonyl (C=O) groups is 1. The van der Waals surface area contributed by atoms with Crippen molar-refractivity contribution in [3.8, 4) is 0 Å². The number of nitrogens with two attached hydrogens (primary N) is 1. The van der Waals surface area contributed by atoms with E-state index in [1.807, 2.05) is 13.8 Å². The standard InChI is InChI=1S/C16H29NO3/c1-12(2)16(11-17,14(18)19)10-13-6-9-15(20-13)7-4-3-5-8-15/h12-13H,3-11,17H2,1-2H3,(H,18,19).